The summed E-state index contributed by atoms with van der Waals surface area (Å²) in [6.07, 6.45) is 0. The van der Waals surface area contributed by atoms with Crippen molar-refractivity contribution in [2.24, 2.45) is 10.9 Å². The molecule has 126 valence electrons. The average Bonchev–Trinajstić information content (AvgIpc) is 2.58. The second-order valence-electron chi connectivity index (χ2n) is 6.14. The van der Waals surface area contributed by atoms with Crippen molar-refractivity contribution in [3.05, 3.63) is 71.3 Å². The molecule has 2 aromatic rings. The molecule has 0 aliphatic rings. The van der Waals surface area contributed by atoms with Crippen LogP contribution in [0.5, 0.6) is 0 Å². The maximum absolute atomic E-state index is 12.4. The monoisotopic (exact) mass is 324 g/mol. The number of aryl methyl sites for hydroxylation is 1. The van der Waals surface area contributed by atoms with Crippen molar-refractivity contribution >= 4 is 11.9 Å². The highest BCUT2D eigenvalue weighted by Crippen LogP contribution is 2.05. The Morgan fingerprint density at radius 1 is 1.12 bits per heavy atom. The van der Waals surface area contributed by atoms with Crippen molar-refractivity contribution in [1.82, 2.24) is 5.32 Å². The SMILES string of the molecule is Cc1cccc(C(=O)NC(=NCc2ccccc2)OCC(C)C)c1. The van der Waals surface area contributed by atoms with E-state index in [1.165, 1.54) is 0 Å². The van der Waals surface area contributed by atoms with Gasteiger partial charge in [0.25, 0.3) is 11.9 Å². The molecule has 1 N–H and O–H groups in total. The van der Waals surface area contributed by atoms with E-state index in [1.54, 1.807) is 6.07 Å². The molecule has 0 spiro atoms. The quantitative estimate of drug-likeness (QED) is 0.669. The molecule has 0 aliphatic carbocycles. The van der Waals surface area contributed by atoms with Gasteiger partial charge in [-0.05, 0) is 30.5 Å². The molecule has 0 saturated heterocycles. The average molecular weight is 324 g/mol. The van der Waals surface area contributed by atoms with E-state index in [-0.39, 0.29) is 11.9 Å². The molecule has 2 rings (SSSR count). The third-order valence-corrected chi connectivity index (χ3v) is 3.30. The van der Waals surface area contributed by atoms with Crippen molar-refractivity contribution in [3.63, 3.8) is 0 Å². The Morgan fingerprint density at radius 3 is 2.54 bits per heavy atom. The summed E-state index contributed by atoms with van der Waals surface area (Å²) in [6, 6.07) is 17.6. The summed E-state index contributed by atoms with van der Waals surface area (Å²) in [5, 5.41) is 2.77. The highest BCUT2D eigenvalue weighted by atomic mass is 16.5. The lowest BCUT2D eigenvalue weighted by atomic mass is 10.1. The van der Waals surface area contributed by atoms with Crippen LogP contribution < -0.4 is 5.32 Å². The number of hydrogen-bond acceptors (Lipinski definition) is 3. The number of nitrogens with one attached hydrogen (secondary N) is 1. The van der Waals surface area contributed by atoms with Gasteiger partial charge in [0, 0.05) is 5.56 Å². The van der Waals surface area contributed by atoms with Gasteiger partial charge in [-0.3, -0.25) is 10.1 Å². The van der Waals surface area contributed by atoms with E-state index in [2.05, 4.69) is 24.2 Å². The fourth-order valence-electron chi connectivity index (χ4n) is 2.07. The van der Waals surface area contributed by atoms with Crippen molar-refractivity contribution in [3.8, 4) is 0 Å². The molecule has 24 heavy (non-hydrogen) atoms. The summed E-state index contributed by atoms with van der Waals surface area (Å²) in [5.41, 5.74) is 2.69. The number of hydrogen-bond donors (Lipinski definition) is 1. The maximum atomic E-state index is 12.4. The summed E-state index contributed by atoms with van der Waals surface area (Å²) >= 11 is 0. The Morgan fingerprint density at radius 2 is 1.88 bits per heavy atom. The summed E-state index contributed by atoms with van der Waals surface area (Å²) in [7, 11) is 0. The minimum Gasteiger partial charge on any atom is -0.465 e. The zero-order valence-corrected chi connectivity index (χ0v) is 14.5. The fourth-order valence-corrected chi connectivity index (χ4v) is 2.07. The molecule has 0 aromatic heterocycles. The number of rotatable bonds is 5. The molecule has 0 fully saturated rings. The molecule has 1 amide bonds. The Balaban J connectivity index is 2.08. The van der Waals surface area contributed by atoms with Crippen LogP contribution in [0.15, 0.2) is 59.6 Å². The van der Waals surface area contributed by atoms with Gasteiger partial charge in [-0.2, -0.15) is 0 Å². The minimum atomic E-state index is -0.214. The Labute approximate surface area is 143 Å². The molecule has 0 atom stereocenters. The van der Waals surface area contributed by atoms with E-state index in [0.717, 1.165) is 11.1 Å². The normalized spacial score (nSPS) is 11.4. The molecule has 4 heteroatoms. The van der Waals surface area contributed by atoms with E-state index in [1.807, 2.05) is 55.5 Å². The van der Waals surface area contributed by atoms with Gasteiger partial charge in [0.2, 0.25) is 0 Å². The topological polar surface area (TPSA) is 50.7 Å². The number of amides is 1. The lowest BCUT2D eigenvalue weighted by Gasteiger charge is -2.13. The van der Waals surface area contributed by atoms with Gasteiger partial charge in [-0.15, -0.1) is 0 Å². The van der Waals surface area contributed by atoms with E-state index < -0.39 is 0 Å². The van der Waals surface area contributed by atoms with Crippen LogP contribution in [0.25, 0.3) is 0 Å². The predicted molar refractivity (Wildman–Crippen MR) is 97.0 cm³/mol. The van der Waals surface area contributed by atoms with Gasteiger partial charge >= 0.3 is 0 Å². The van der Waals surface area contributed by atoms with E-state index in [0.29, 0.717) is 24.6 Å². The Bertz CT molecular complexity index is 694. The molecule has 2 aromatic carbocycles. The van der Waals surface area contributed by atoms with Crippen LogP contribution in [0.2, 0.25) is 0 Å². The van der Waals surface area contributed by atoms with Crippen molar-refractivity contribution in [2.75, 3.05) is 6.61 Å². The number of ether oxygens (including phenoxy) is 1. The first-order valence-electron chi connectivity index (χ1n) is 8.14. The Hall–Kier alpha value is -2.62. The predicted octanol–water partition coefficient (Wildman–Crippen LogP) is 3.95. The third kappa shape index (κ3) is 5.88. The lowest BCUT2D eigenvalue weighted by molar-refractivity contribution is 0.0963. The van der Waals surface area contributed by atoms with Crippen molar-refractivity contribution in [2.45, 2.75) is 27.3 Å². The summed E-state index contributed by atoms with van der Waals surface area (Å²) in [5.74, 6) is 0.136. The van der Waals surface area contributed by atoms with E-state index in [9.17, 15) is 4.79 Å². The first-order valence-corrected chi connectivity index (χ1v) is 8.14. The zero-order chi connectivity index (χ0) is 17.4. The van der Waals surface area contributed by atoms with Gasteiger partial charge in [0.15, 0.2) is 0 Å². The summed E-state index contributed by atoms with van der Waals surface area (Å²) in [6.45, 7) is 7.02. The van der Waals surface area contributed by atoms with Crippen LogP contribution in [0.1, 0.15) is 35.3 Å². The zero-order valence-electron chi connectivity index (χ0n) is 14.5. The fraction of sp³-hybridized carbons (Fsp3) is 0.300. The minimum absolute atomic E-state index is 0.214. The molecule has 4 nitrogen and oxygen atoms in total. The standard InChI is InChI=1S/C20H24N2O2/c1-15(2)14-24-20(21-13-17-9-5-4-6-10-17)22-19(23)18-11-7-8-16(3)12-18/h4-12,15H,13-14H2,1-3H3,(H,21,22,23). The second-order valence-corrected chi connectivity index (χ2v) is 6.14. The van der Waals surface area contributed by atoms with E-state index in [4.69, 9.17) is 4.74 Å². The first kappa shape index (κ1) is 17.7. The molecular weight excluding hydrogens is 300 g/mol. The summed E-state index contributed by atoms with van der Waals surface area (Å²) < 4.78 is 5.67. The Kier molecular flexibility index (Phi) is 6.55. The van der Waals surface area contributed by atoms with Crippen molar-refractivity contribution in [1.29, 1.82) is 0 Å². The maximum Gasteiger partial charge on any atom is 0.292 e. The van der Waals surface area contributed by atoms with E-state index >= 15 is 0 Å². The highest BCUT2D eigenvalue weighted by molar-refractivity contribution is 6.04. The van der Waals surface area contributed by atoms with Crippen LogP contribution in [0.4, 0.5) is 0 Å². The first-order chi connectivity index (χ1) is 11.5. The molecular formula is C20H24N2O2. The number of carbonyl (C=O) groups is 1. The van der Waals surface area contributed by atoms with Crippen LogP contribution in [-0.2, 0) is 11.3 Å². The van der Waals surface area contributed by atoms with Crippen LogP contribution in [0, 0.1) is 12.8 Å². The molecule has 0 heterocycles. The number of aliphatic imine (C=N–C) groups is 1. The lowest BCUT2D eigenvalue weighted by Crippen LogP contribution is -2.33. The van der Waals surface area contributed by atoms with Crippen LogP contribution in [-0.4, -0.2) is 18.5 Å². The van der Waals surface area contributed by atoms with Gasteiger partial charge in [0.05, 0.1) is 13.2 Å². The molecule has 0 aliphatic heterocycles. The number of nitrogens with zero attached hydrogens (tertiary/aromatic N) is 1. The number of benzene rings is 2. The molecule has 0 bridgehead atoms. The van der Waals surface area contributed by atoms with Gasteiger partial charge in [0.1, 0.15) is 0 Å². The molecule has 0 unspecified atom stereocenters. The van der Waals surface area contributed by atoms with Gasteiger partial charge in [-0.1, -0.05) is 61.9 Å². The van der Waals surface area contributed by atoms with Gasteiger partial charge < -0.3 is 4.74 Å². The van der Waals surface area contributed by atoms with Crippen LogP contribution in [0.3, 0.4) is 0 Å². The highest BCUT2D eigenvalue weighted by Gasteiger charge is 2.11. The number of carbonyl (C=O) groups excluding carboxylic acids is 1. The molecule has 0 saturated carbocycles. The summed E-state index contributed by atoms with van der Waals surface area (Å²) in [4.78, 5) is 16.8. The van der Waals surface area contributed by atoms with Gasteiger partial charge in [-0.25, -0.2) is 4.99 Å². The van der Waals surface area contributed by atoms with Crippen LogP contribution >= 0.6 is 0 Å². The molecule has 0 radical (unpaired) electrons. The third-order valence-electron chi connectivity index (χ3n) is 3.30. The second kappa shape index (κ2) is 8.87. The van der Waals surface area contributed by atoms with Crippen molar-refractivity contribution < 1.29 is 9.53 Å². The smallest absolute Gasteiger partial charge is 0.292 e. The number of amidine groups is 1. The largest absolute Gasteiger partial charge is 0.465 e.